The molecular weight excluding hydrogens is 348 g/mol. The van der Waals surface area contributed by atoms with E-state index in [2.05, 4.69) is 0 Å². The van der Waals surface area contributed by atoms with Crippen LogP contribution in [0, 0.1) is 6.92 Å². The Labute approximate surface area is 155 Å². The summed E-state index contributed by atoms with van der Waals surface area (Å²) in [6.45, 7) is 6.18. The highest BCUT2D eigenvalue weighted by molar-refractivity contribution is 7.93. The number of sulfonamides is 1. The molecular formula is C20H24N2O3S. The Hall–Kier alpha value is -2.34. The zero-order chi connectivity index (χ0) is 18.9. The lowest BCUT2D eigenvalue weighted by Crippen LogP contribution is -2.37. The van der Waals surface area contributed by atoms with Crippen molar-refractivity contribution in [3.05, 3.63) is 54.1 Å². The molecule has 0 saturated carbocycles. The molecule has 6 heteroatoms. The van der Waals surface area contributed by atoms with E-state index in [0.717, 1.165) is 12.1 Å². The summed E-state index contributed by atoms with van der Waals surface area (Å²) in [4.78, 5) is 13.9. The number of hydrogen-bond donors (Lipinski definition) is 0. The van der Waals surface area contributed by atoms with Crippen LogP contribution in [0.25, 0.3) is 0 Å². The third-order valence-corrected chi connectivity index (χ3v) is 6.72. The maximum atomic E-state index is 13.3. The molecule has 3 rings (SSSR count). The van der Waals surface area contributed by atoms with Crippen molar-refractivity contribution in [2.75, 3.05) is 15.7 Å². The second kappa shape index (κ2) is 7.11. The van der Waals surface area contributed by atoms with Gasteiger partial charge in [-0.1, -0.05) is 18.2 Å². The lowest BCUT2D eigenvalue weighted by molar-refractivity contribution is -0.117. The van der Waals surface area contributed by atoms with Gasteiger partial charge in [0.25, 0.3) is 10.0 Å². The summed E-state index contributed by atoms with van der Waals surface area (Å²) < 4.78 is 28.1. The van der Waals surface area contributed by atoms with Crippen molar-refractivity contribution in [1.29, 1.82) is 0 Å². The minimum atomic E-state index is -3.71. The van der Waals surface area contributed by atoms with Crippen molar-refractivity contribution in [2.24, 2.45) is 0 Å². The molecule has 1 aliphatic heterocycles. The van der Waals surface area contributed by atoms with Gasteiger partial charge in [-0.15, -0.1) is 0 Å². The Morgan fingerprint density at radius 3 is 2.31 bits per heavy atom. The topological polar surface area (TPSA) is 57.7 Å². The molecule has 1 saturated heterocycles. The molecule has 26 heavy (non-hydrogen) atoms. The highest BCUT2D eigenvalue weighted by Crippen LogP contribution is 2.31. The fourth-order valence-corrected chi connectivity index (χ4v) is 5.28. The van der Waals surface area contributed by atoms with Crippen LogP contribution in [0.1, 0.15) is 32.3 Å². The molecule has 1 heterocycles. The molecule has 0 aromatic heterocycles. The third kappa shape index (κ3) is 3.33. The minimum Gasteiger partial charge on any atom is -0.312 e. The Kier molecular flexibility index (Phi) is 5.05. The number of para-hydroxylation sites is 1. The second-order valence-electron chi connectivity index (χ2n) is 6.83. The molecule has 5 nitrogen and oxygen atoms in total. The summed E-state index contributed by atoms with van der Waals surface area (Å²) >= 11 is 0. The van der Waals surface area contributed by atoms with Gasteiger partial charge in [0.05, 0.1) is 10.6 Å². The van der Waals surface area contributed by atoms with Crippen LogP contribution in [0.3, 0.4) is 0 Å². The summed E-state index contributed by atoms with van der Waals surface area (Å²) in [5.74, 6) is 0.0908. The number of nitrogens with zero attached hydrogens (tertiary/aromatic N) is 2. The Bertz CT molecular complexity index is 908. The van der Waals surface area contributed by atoms with Crippen molar-refractivity contribution in [2.45, 2.75) is 44.6 Å². The summed E-state index contributed by atoms with van der Waals surface area (Å²) in [6.07, 6.45) is 1.39. The molecule has 0 aliphatic carbocycles. The highest BCUT2D eigenvalue weighted by atomic mass is 32.2. The van der Waals surface area contributed by atoms with Gasteiger partial charge in [-0.05, 0) is 63.1 Å². The van der Waals surface area contributed by atoms with Gasteiger partial charge in [-0.25, -0.2) is 8.42 Å². The van der Waals surface area contributed by atoms with Gasteiger partial charge < -0.3 is 4.90 Å². The van der Waals surface area contributed by atoms with E-state index < -0.39 is 10.0 Å². The van der Waals surface area contributed by atoms with E-state index in [1.165, 1.54) is 4.31 Å². The van der Waals surface area contributed by atoms with Crippen molar-refractivity contribution in [3.63, 3.8) is 0 Å². The van der Waals surface area contributed by atoms with Crippen LogP contribution < -0.4 is 9.21 Å². The first kappa shape index (κ1) is 18.5. The normalized spacial score (nSPS) is 14.9. The van der Waals surface area contributed by atoms with Crippen molar-refractivity contribution >= 4 is 27.3 Å². The van der Waals surface area contributed by atoms with Crippen molar-refractivity contribution in [3.8, 4) is 0 Å². The molecule has 0 unspecified atom stereocenters. The maximum absolute atomic E-state index is 13.3. The zero-order valence-electron chi connectivity index (χ0n) is 15.3. The molecule has 0 spiro atoms. The van der Waals surface area contributed by atoms with Crippen molar-refractivity contribution in [1.82, 2.24) is 0 Å². The van der Waals surface area contributed by atoms with Gasteiger partial charge in [0.1, 0.15) is 0 Å². The number of hydrogen-bond acceptors (Lipinski definition) is 3. The molecule has 1 aliphatic rings. The predicted octanol–water partition coefficient (Wildman–Crippen LogP) is 3.73. The first-order chi connectivity index (χ1) is 12.3. The van der Waals surface area contributed by atoms with E-state index in [0.29, 0.717) is 24.2 Å². The number of anilines is 2. The van der Waals surface area contributed by atoms with E-state index in [1.807, 2.05) is 32.0 Å². The fourth-order valence-electron chi connectivity index (χ4n) is 3.41. The van der Waals surface area contributed by atoms with Crippen LogP contribution in [-0.2, 0) is 14.8 Å². The largest absolute Gasteiger partial charge is 0.312 e. The minimum absolute atomic E-state index is 0.0908. The highest BCUT2D eigenvalue weighted by Gasteiger charge is 2.30. The van der Waals surface area contributed by atoms with Gasteiger partial charge in [0.15, 0.2) is 0 Å². The van der Waals surface area contributed by atoms with E-state index in [1.54, 1.807) is 42.2 Å². The van der Waals surface area contributed by atoms with Gasteiger partial charge >= 0.3 is 0 Å². The smallest absolute Gasteiger partial charge is 0.264 e. The van der Waals surface area contributed by atoms with Crippen molar-refractivity contribution < 1.29 is 13.2 Å². The van der Waals surface area contributed by atoms with Gasteiger partial charge in [0, 0.05) is 24.7 Å². The van der Waals surface area contributed by atoms with Crippen LogP contribution in [0.15, 0.2) is 53.4 Å². The van der Waals surface area contributed by atoms with E-state index in [-0.39, 0.29) is 16.8 Å². The molecule has 1 fully saturated rings. The molecule has 2 aromatic rings. The van der Waals surface area contributed by atoms with Crippen LogP contribution in [0.4, 0.5) is 11.4 Å². The van der Waals surface area contributed by atoms with Crippen LogP contribution >= 0.6 is 0 Å². The predicted molar refractivity (Wildman–Crippen MR) is 104 cm³/mol. The van der Waals surface area contributed by atoms with Gasteiger partial charge in [0.2, 0.25) is 5.91 Å². The second-order valence-corrected chi connectivity index (χ2v) is 8.61. The third-order valence-electron chi connectivity index (χ3n) is 4.56. The molecule has 138 valence electrons. The summed E-state index contributed by atoms with van der Waals surface area (Å²) in [5.41, 5.74) is 2.05. The number of carbonyl (C=O) groups excluding carboxylic acids is 1. The molecule has 0 N–H and O–H groups in total. The summed E-state index contributed by atoms with van der Waals surface area (Å²) in [7, 11) is -3.71. The molecule has 2 aromatic carbocycles. The average Bonchev–Trinajstić information content (AvgIpc) is 3.01. The maximum Gasteiger partial charge on any atom is 0.264 e. The standard InChI is InChI=1S/C20H24N2O3S/c1-15(2)22(17-8-5-4-6-9-17)26(24,25)19-12-11-18(14-16(19)3)21-13-7-10-20(21)23/h4-6,8-9,11-12,14-15H,7,10,13H2,1-3H3. The lowest BCUT2D eigenvalue weighted by Gasteiger charge is -2.29. The van der Waals surface area contributed by atoms with Gasteiger partial charge in [-0.2, -0.15) is 0 Å². The number of rotatable bonds is 5. The SMILES string of the molecule is Cc1cc(N2CCCC2=O)ccc1S(=O)(=O)N(c1ccccc1)C(C)C. The molecule has 1 amide bonds. The summed E-state index contributed by atoms with van der Waals surface area (Å²) in [5, 5.41) is 0. The fraction of sp³-hybridized carbons (Fsp3) is 0.350. The van der Waals surface area contributed by atoms with Crippen LogP contribution in [-0.4, -0.2) is 26.9 Å². The zero-order valence-corrected chi connectivity index (χ0v) is 16.2. The summed E-state index contributed by atoms with van der Waals surface area (Å²) in [6, 6.07) is 14.0. The quantitative estimate of drug-likeness (QED) is 0.804. The molecule has 0 radical (unpaired) electrons. The monoisotopic (exact) mass is 372 g/mol. The van der Waals surface area contributed by atoms with E-state index in [9.17, 15) is 13.2 Å². The van der Waals surface area contributed by atoms with E-state index >= 15 is 0 Å². The molecule has 0 bridgehead atoms. The number of amides is 1. The Morgan fingerprint density at radius 1 is 1.08 bits per heavy atom. The number of aryl methyl sites for hydroxylation is 1. The Morgan fingerprint density at radius 2 is 1.77 bits per heavy atom. The van der Waals surface area contributed by atoms with Crippen LogP contribution in [0.5, 0.6) is 0 Å². The molecule has 0 atom stereocenters. The Balaban J connectivity index is 2.02. The van der Waals surface area contributed by atoms with Crippen LogP contribution in [0.2, 0.25) is 0 Å². The average molecular weight is 372 g/mol. The first-order valence-electron chi connectivity index (χ1n) is 8.83. The number of benzene rings is 2. The van der Waals surface area contributed by atoms with Gasteiger partial charge in [-0.3, -0.25) is 9.10 Å². The van der Waals surface area contributed by atoms with E-state index in [4.69, 9.17) is 0 Å². The first-order valence-corrected chi connectivity index (χ1v) is 10.3. The lowest BCUT2D eigenvalue weighted by atomic mass is 10.2. The number of carbonyl (C=O) groups is 1.